The van der Waals surface area contributed by atoms with Gasteiger partial charge in [0.05, 0.1) is 5.69 Å². The molecule has 4 rings (SSSR count). The third-order valence-corrected chi connectivity index (χ3v) is 8.38. The van der Waals surface area contributed by atoms with Crippen molar-refractivity contribution in [2.45, 2.75) is 37.2 Å². The fraction of sp³-hybridized carbons (Fsp3) is 0.391. The van der Waals surface area contributed by atoms with Crippen molar-refractivity contribution in [3.63, 3.8) is 0 Å². The molecule has 2 atom stereocenters. The van der Waals surface area contributed by atoms with Gasteiger partial charge in [-0.3, -0.25) is 10.0 Å². The molecule has 0 bridgehead atoms. The van der Waals surface area contributed by atoms with E-state index in [2.05, 4.69) is 4.99 Å². The summed E-state index contributed by atoms with van der Waals surface area (Å²) in [7, 11) is -3.94. The summed E-state index contributed by atoms with van der Waals surface area (Å²) in [5, 5.41) is 5.83. The van der Waals surface area contributed by atoms with Crippen LogP contribution in [0.1, 0.15) is 31.4 Å². The molecule has 2 aliphatic heterocycles. The van der Waals surface area contributed by atoms with Gasteiger partial charge < -0.3 is 5.73 Å². The summed E-state index contributed by atoms with van der Waals surface area (Å²) in [6.45, 7) is 2.46. The van der Waals surface area contributed by atoms with Gasteiger partial charge in [0.2, 0.25) is 10.0 Å². The highest BCUT2D eigenvalue weighted by Crippen LogP contribution is 2.40. The zero-order chi connectivity index (χ0) is 23.6. The highest BCUT2D eigenvalue weighted by molar-refractivity contribution is 7.90. The molecule has 0 aliphatic carbocycles. The third-order valence-electron chi connectivity index (χ3n) is 5.92. The second kappa shape index (κ2) is 9.79. The van der Waals surface area contributed by atoms with Crippen LogP contribution in [0.2, 0.25) is 5.02 Å². The number of amidine groups is 1. The van der Waals surface area contributed by atoms with Gasteiger partial charge in [0.1, 0.15) is 29.0 Å². The summed E-state index contributed by atoms with van der Waals surface area (Å²) in [6.07, 6.45) is -0.641. The normalized spacial score (nSPS) is 23.1. The number of halogens is 2. The van der Waals surface area contributed by atoms with Crippen LogP contribution in [0.4, 0.5) is 10.1 Å². The summed E-state index contributed by atoms with van der Waals surface area (Å²) in [4.78, 5) is 4.27. The second-order valence-electron chi connectivity index (χ2n) is 8.06. The van der Waals surface area contributed by atoms with E-state index >= 15 is 0 Å². The average molecular weight is 492 g/mol. The predicted molar refractivity (Wildman–Crippen MR) is 131 cm³/mol. The van der Waals surface area contributed by atoms with Crippen molar-refractivity contribution < 1.29 is 12.8 Å². The summed E-state index contributed by atoms with van der Waals surface area (Å²) in [6, 6.07) is 15.7. The van der Waals surface area contributed by atoms with Crippen LogP contribution in [-0.2, 0) is 10.0 Å². The van der Waals surface area contributed by atoms with Crippen LogP contribution < -0.4 is 10.7 Å². The van der Waals surface area contributed by atoms with Crippen LogP contribution >= 0.6 is 11.6 Å². The van der Waals surface area contributed by atoms with Crippen molar-refractivity contribution in [2.24, 2.45) is 15.8 Å². The minimum absolute atomic E-state index is 0.0869. The van der Waals surface area contributed by atoms with E-state index in [9.17, 15) is 12.8 Å². The molecule has 2 N–H and O–H groups in total. The van der Waals surface area contributed by atoms with Gasteiger partial charge in [-0.2, -0.15) is 5.10 Å². The molecule has 7 nitrogen and oxygen atoms in total. The maximum absolute atomic E-state index is 14.0. The van der Waals surface area contributed by atoms with E-state index in [1.54, 1.807) is 29.3 Å². The zero-order valence-corrected chi connectivity index (χ0v) is 19.9. The van der Waals surface area contributed by atoms with E-state index in [0.29, 0.717) is 17.3 Å². The van der Waals surface area contributed by atoms with Crippen molar-refractivity contribution in [1.82, 2.24) is 4.31 Å². The van der Waals surface area contributed by atoms with Gasteiger partial charge in [-0.25, -0.2) is 17.1 Å². The molecule has 0 radical (unpaired) electrons. The predicted octanol–water partition coefficient (Wildman–Crippen LogP) is 3.77. The lowest BCUT2D eigenvalue weighted by Crippen LogP contribution is -2.50. The Bertz CT molecular complexity index is 1130. The first-order valence-electron chi connectivity index (χ1n) is 10.9. The molecule has 2 aromatic carbocycles. The quantitative estimate of drug-likeness (QED) is 0.492. The molecule has 0 aromatic heterocycles. The minimum Gasteiger partial charge on any atom is -0.382 e. The van der Waals surface area contributed by atoms with Gasteiger partial charge in [0, 0.05) is 24.7 Å². The van der Waals surface area contributed by atoms with E-state index in [0.717, 1.165) is 5.56 Å². The van der Waals surface area contributed by atoms with E-state index in [1.807, 2.05) is 37.3 Å². The molecule has 1 saturated heterocycles. The third kappa shape index (κ3) is 4.76. The van der Waals surface area contributed by atoms with Gasteiger partial charge in [-0.15, -0.1) is 0 Å². The molecule has 2 aromatic rings. The van der Waals surface area contributed by atoms with Crippen LogP contribution in [0.25, 0.3) is 0 Å². The second-order valence-corrected chi connectivity index (χ2v) is 10.6. The number of alkyl halides is 1. The topological polar surface area (TPSA) is 91.4 Å². The smallest absolute Gasteiger partial charge is 0.225 e. The molecule has 1 fully saturated rings. The van der Waals surface area contributed by atoms with E-state index in [1.165, 1.54) is 4.31 Å². The van der Waals surface area contributed by atoms with Crippen LogP contribution in [0.3, 0.4) is 0 Å². The Labute approximate surface area is 198 Å². The number of rotatable bonds is 6. The molecule has 0 spiro atoms. The molecule has 33 heavy (non-hydrogen) atoms. The first-order valence-corrected chi connectivity index (χ1v) is 12.8. The molecular weight excluding hydrogens is 465 g/mol. The molecular formula is C23H27ClFN5O2S. The number of sulfonamides is 1. The maximum Gasteiger partial charge on any atom is 0.225 e. The number of hydrogen-bond acceptors (Lipinski definition) is 5. The number of benzene rings is 2. The SMILES string of the molecule is CCN=C(N)C1=NN(c2ccc(Cl)cc2)C(c2ccccc2)C1S(=O)(=O)N1CCC(F)CC1. The molecule has 2 unspecified atom stereocenters. The number of anilines is 1. The molecule has 2 heterocycles. The molecule has 10 heteroatoms. The number of nitrogens with two attached hydrogens (primary N) is 1. The van der Waals surface area contributed by atoms with Gasteiger partial charge in [0.25, 0.3) is 0 Å². The van der Waals surface area contributed by atoms with Crippen LogP contribution in [-0.4, -0.2) is 55.3 Å². The molecule has 0 saturated carbocycles. The van der Waals surface area contributed by atoms with Gasteiger partial charge in [-0.05, 0) is 49.6 Å². The van der Waals surface area contributed by atoms with E-state index in [-0.39, 0.29) is 37.5 Å². The fourth-order valence-corrected chi connectivity index (χ4v) is 6.50. The van der Waals surface area contributed by atoms with Gasteiger partial charge in [0.15, 0.2) is 0 Å². The largest absolute Gasteiger partial charge is 0.382 e. The van der Waals surface area contributed by atoms with Crippen LogP contribution in [0.15, 0.2) is 64.7 Å². The Hall–Kier alpha value is -2.49. The zero-order valence-electron chi connectivity index (χ0n) is 18.3. The lowest BCUT2D eigenvalue weighted by Gasteiger charge is -2.34. The first-order chi connectivity index (χ1) is 15.8. The summed E-state index contributed by atoms with van der Waals surface area (Å²) >= 11 is 6.08. The minimum atomic E-state index is -3.94. The monoisotopic (exact) mass is 491 g/mol. The lowest BCUT2D eigenvalue weighted by molar-refractivity contribution is 0.210. The molecule has 0 amide bonds. The van der Waals surface area contributed by atoms with Gasteiger partial charge >= 0.3 is 0 Å². The number of piperidine rings is 1. The highest BCUT2D eigenvalue weighted by atomic mass is 35.5. The molecule has 2 aliphatic rings. The van der Waals surface area contributed by atoms with Crippen LogP contribution in [0.5, 0.6) is 0 Å². The first kappa shape index (κ1) is 23.7. The van der Waals surface area contributed by atoms with E-state index in [4.69, 9.17) is 22.4 Å². The number of aliphatic imine (C=N–C) groups is 1. The number of hydrogen-bond donors (Lipinski definition) is 1. The van der Waals surface area contributed by atoms with Crippen molar-refractivity contribution in [3.05, 3.63) is 65.2 Å². The number of hydrazone groups is 1. The van der Waals surface area contributed by atoms with E-state index < -0.39 is 27.5 Å². The van der Waals surface area contributed by atoms with Crippen LogP contribution in [0, 0.1) is 0 Å². The Balaban J connectivity index is 1.87. The molecule has 176 valence electrons. The maximum atomic E-state index is 14.0. The Morgan fingerprint density at radius 2 is 1.79 bits per heavy atom. The summed E-state index contributed by atoms with van der Waals surface area (Å²) in [5.74, 6) is 0.0869. The standard InChI is InChI=1S/C23H27ClFN5O2S/c1-2-27-23(26)20-22(33(31,32)29-14-12-18(25)13-15-29)21(16-6-4-3-5-7-16)30(28-20)19-10-8-17(24)9-11-19/h3-11,18,21-22H,2,12-15H2,1H3,(H2,26,27). The Morgan fingerprint density at radius 3 is 2.39 bits per heavy atom. The highest BCUT2D eigenvalue weighted by Gasteiger charge is 2.50. The van der Waals surface area contributed by atoms with Gasteiger partial charge in [-0.1, -0.05) is 41.9 Å². The Kier molecular flexibility index (Phi) is 7.02. The van der Waals surface area contributed by atoms with Crippen molar-refractivity contribution in [1.29, 1.82) is 0 Å². The Morgan fingerprint density at radius 1 is 1.15 bits per heavy atom. The van der Waals surface area contributed by atoms with Crippen molar-refractivity contribution in [2.75, 3.05) is 24.6 Å². The number of nitrogens with zero attached hydrogens (tertiary/aromatic N) is 4. The van der Waals surface area contributed by atoms with Crippen molar-refractivity contribution in [3.8, 4) is 0 Å². The van der Waals surface area contributed by atoms with Crippen molar-refractivity contribution >= 4 is 38.9 Å². The average Bonchev–Trinajstić information content (AvgIpc) is 3.22. The summed E-state index contributed by atoms with van der Waals surface area (Å²) < 4.78 is 43.1. The fourth-order valence-electron chi connectivity index (χ4n) is 4.28. The summed E-state index contributed by atoms with van der Waals surface area (Å²) in [5.41, 5.74) is 7.90. The lowest BCUT2D eigenvalue weighted by atomic mass is 10.0.